The van der Waals surface area contributed by atoms with E-state index in [0.717, 1.165) is 0 Å². The van der Waals surface area contributed by atoms with Gasteiger partial charge in [-0.1, -0.05) is 6.58 Å². The maximum atomic E-state index is 8.38. The van der Waals surface area contributed by atoms with E-state index in [0.29, 0.717) is 0 Å². The molecule has 2 heteroatoms. The van der Waals surface area contributed by atoms with Crippen LogP contribution in [-0.4, -0.2) is 11.3 Å². The number of rotatable bonds is 2. The van der Waals surface area contributed by atoms with Crippen molar-refractivity contribution in [1.29, 1.82) is 0 Å². The smallest absolute Gasteiger partial charge is 0.123 e. The summed E-state index contributed by atoms with van der Waals surface area (Å²) >= 11 is 0. The maximum Gasteiger partial charge on any atom is 0.123 e. The van der Waals surface area contributed by atoms with E-state index in [4.69, 9.17) is 5.11 Å². The van der Waals surface area contributed by atoms with Gasteiger partial charge in [-0.2, -0.15) is 0 Å². The molecule has 2 nitrogen and oxygen atoms in total. The lowest BCUT2D eigenvalue weighted by Gasteiger charge is -1.96. The lowest BCUT2D eigenvalue weighted by atomic mass is 10.6. The number of aliphatic hydroxyl groups excluding tert-OH is 1. The van der Waals surface area contributed by atoms with Crippen molar-refractivity contribution in [1.82, 2.24) is 5.32 Å². The Morgan fingerprint density at radius 3 is 2.33 bits per heavy atom. The van der Waals surface area contributed by atoms with Gasteiger partial charge in [-0.15, -0.1) is 0 Å². The van der Waals surface area contributed by atoms with Gasteiger partial charge in [0.2, 0.25) is 0 Å². The SMILES string of the molecule is [CH2]NC(O)C=C. The summed E-state index contributed by atoms with van der Waals surface area (Å²) in [5, 5.41) is 10.7. The summed E-state index contributed by atoms with van der Waals surface area (Å²) in [5.74, 6) is 0. The van der Waals surface area contributed by atoms with E-state index in [2.05, 4.69) is 18.9 Å². The van der Waals surface area contributed by atoms with E-state index < -0.39 is 6.23 Å². The van der Waals surface area contributed by atoms with E-state index in [1.54, 1.807) is 0 Å². The molecule has 0 aromatic carbocycles. The summed E-state index contributed by atoms with van der Waals surface area (Å²) < 4.78 is 0. The zero-order valence-electron chi connectivity index (χ0n) is 3.52. The Labute approximate surface area is 37.5 Å². The largest absolute Gasteiger partial charge is 0.375 e. The van der Waals surface area contributed by atoms with Gasteiger partial charge in [0, 0.05) is 7.05 Å². The van der Waals surface area contributed by atoms with Crippen LogP contribution in [0, 0.1) is 7.05 Å². The fourth-order valence-electron chi connectivity index (χ4n) is 0.0833. The predicted molar refractivity (Wildman–Crippen MR) is 24.7 cm³/mol. The second-order valence-corrected chi connectivity index (χ2v) is 0.885. The first kappa shape index (κ1) is 5.66. The van der Waals surface area contributed by atoms with Crippen LogP contribution in [0.5, 0.6) is 0 Å². The molecule has 6 heavy (non-hydrogen) atoms. The van der Waals surface area contributed by atoms with Gasteiger partial charge < -0.3 is 5.11 Å². The minimum absolute atomic E-state index is 0.662. The van der Waals surface area contributed by atoms with Gasteiger partial charge in [-0.25, -0.2) is 0 Å². The monoisotopic (exact) mass is 86.1 g/mol. The van der Waals surface area contributed by atoms with Crippen molar-refractivity contribution >= 4 is 0 Å². The number of hydrogen-bond donors (Lipinski definition) is 2. The zero-order valence-corrected chi connectivity index (χ0v) is 3.52. The molecule has 0 aromatic heterocycles. The second-order valence-electron chi connectivity index (χ2n) is 0.885. The van der Waals surface area contributed by atoms with E-state index in [-0.39, 0.29) is 0 Å². The van der Waals surface area contributed by atoms with Crippen molar-refractivity contribution < 1.29 is 5.11 Å². The highest BCUT2D eigenvalue weighted by Gasteiger charge is 1.83. The molecule has 1 radical (unpaired) electrons. The minimum atomic E-state index is -0.662. The molecule has 0 rings (SSSR count). The molecule has 1 unspecified atom stereocenters. The third kappa shape index (κ3) is 1.93. The van der Waals surface area contributed by atoms with Crippen molar-refractivity contribution in [3.05, 3.63) is 19.7 Å². The summed E-state index contributed by atoms with van der Waals surface area (Å²) in [5.41, 5.74) is 0. The van der Waals surface area contributed by atoms with E-state index >= 15 is 0 Å². The van der Waals surface area contributed by atoms with Crippen molar-refractivity contribution in [3.63, 3.8) is 0 Å². The highest BCUT2D eigenvalue weighted by Crippen LogP contribution is 1.69. The minimum Gasteiger partial charge on any atom is -0.375 e. The van der Waals surface area contributed by atoms with Crippen LogP contribution in [0.3, 0.4) is 0 Å². The predicted octanol–water partition coefficient (Wildman–Crippen LogP) is -0.128. The molecule has 0 spiro atoms. The molecule has 0 aliphatic carbocycles. The molecular weight excluding hydrogens is 78.0 g/mol. The van der Waals surface area contributed by atoms with Gasteiger partial charge >= 0.3 is 0 Å². The van der Waals surface area contributed by atoms with Crippen LogP contribution in [0.25, 0.3) is 0 Å². The summed E-state index contributed by atoms with van der Waals surface area (Å²) in [6.45, 7) is 3.28. The van der Waals surface area contributed by atoms with Crippen LogP contribution in [0.15, 0.2) is 12.7 Å². The lowest BCUT2D eigenvalue weighted by Crippen LogP contribution is -2.18. The zero-order chi connectivity index (χ0) is 4.99. The Morgan fingerprint density at radius 1 is 1.83 bits per heavy atom. The van der Waals surface area contributed by atoms with Crippen molar-refractivity contribution in [2.24, 2.45) is 0 Å². The van der Waals surface area contributed by atoms with Gasteiger partial charge in [0.1, 0.15) is 6.23 Å². The van der Waals surface area contributed by atoms with Crippen molar-refractivity contribution in [3.8, 4) is 0 Å². The van der Waals surface area contributed by atoms with Crippen LogP contribution in [-0.2, 0) is 0 Å². The topological polar surface area (TPSA) is 32.3 Å². The molecule has 0 heterocycles. The van der Waals surface area contributed by atoms with Gasteiger partial charge in [0.15, 0.2) is 0 Å². The first-order valence-electron chi connectivity index (χ1n) is 1.64. The molecule has 0 amide bonds. The first-order valence-corrected chi connectivity index (χ1v) is 1.64. The number of hydrogen-bond acceptors (Lipinski definition) is 2. The third-order valence-corrected chi connectivity index (χ3v) is 0.432. The molecule has 0 aromatic rings. The Morgan fingerprint density at radius 2 is 2.33 bits per heavy atom. The van der Waals surface area contributed by atoms with Crippen LogP contribution in [0.4, 0.5) is 0 Å². The van der Waals surface area contributed by atoms with Gasteiger partial charge in [0.05, 0.1) is 0 Å². The van der Waals surface area contributed by atoms with E-state index in [9.17, 15) is 0 Å². The van der Waals surface area contributed by atoms with Gasteiger partial charge in [-0.3, -0.25) is 5.32 Å². The Kier molecular flexibility index (Phi) is 2.71. The molecule has 0 saturated heterocycles. The van der Waals surface area contributed by atoms with Crippen molar-refractivity contribution in [2.45, 2.75) is 6.23 Å². The maximum absolute atomic E-state index is 8.38. The van der Waals surface area contributed by atoms with Crippen molar-refractivity contribution in [2.75, 3.05) is 0 Å². The highest BCUT2D eigenvalue weighted by molar-refractivity contribution is 4.74. The number of nitrogens with one attached hydrogen (secondary N) is 1. The first-order chi connectivity index (χ1) is 2.81. The molecule has 2 N–H and O–H groups in total. The Balaban J connectivity index is 2.96. The molecule has 0 saturated carbocycles. The fourth-order valence-corrected chi connectivity index (χ4v) is 0.0833. The average Bonchev–Trinajstić information content (AvgIpc) is 1.65. The van der Waals surface area contributed by atoms with Crippen LogP contribution in [0.1, 0.15) is 0 Å². The van der Waals surface area contributed by atoms with E-state index in [1.807, 2.05) is 0 Å². The lowest BCUT2D eigenvalue weighted by molar-refractivity contribution is 0.202. The molecule has 35 valence electrons. The molecule has 0 fully saturated rings. The van der Waals surface area contributed by atoms with E-state index in [1.165, 1.54) is 6.08 Å². The molecule has 0 bridgehead atoms. The molecule has 1 atom stereocenters. The van der Waals surface area contributed by atoms with Gasteiger partial charge in [0.25, 0.3) is 0 Å². The standard InChI is InChI=1S/C4H8NO/c1-3-4(6)5-2/h3-6H,1-2H2. The third-order valence-electron chi connectivity index (χ3n) is 0.432. The normalized spacial score (nSPS) is 13.7. The Hall–Kier alpha value is -0.340. The van der Waals surface area contributed by atoms with Gasteiger partial charge in [-0.05, 0) is 6.08 Å². The summed E-state index contributed by atoms with van der Waals surface area (Å²) in [6.07, 6.45) is 0.692. The number of aliphatic hydroxyl groups is 1. The fraction of sp³-hybridized carbons (Fsp3) is 0.250. The second kappa shape index (κ2) is 2.87. The quantitative estimate of drug-likeness (QED) is 0.362. The molecular formula is C4H8NO. The summed E-state index contributed by atoms with van der Waals surface area (Å²) in [4.78, 5) is 0. The Bertz CT molecular complexity index is 44.8. The average molecular weight is 86.1 g/mol. The summed E-state index contributed by atoms with van der Waals surface area (Å²) in [7, 11) is 3.19. The summed E-state index contributed by atoms with van der Waals surface area (Å²) in [6, 6.07) is 0. The highest BCUT2D eigenvalue weighted by atomic mass is 16.3. The van der Waals surface area contributed by atoms with Crippen LogP contribution in [0.2, 0.25) is 0 Å². The molecule has 0 aliphatic heterocycles. The van der Waals surface area contributed by atoms with Crippen LogP contribution < -0.4 is 5.32 Å². The van der Waals surface area contributed by atoms with Crippen LogP contribution >= 0.6 is 0 Å². The molecule has 0 aliphatic rings.